The molecule has 9 nitrogen and oxygen atoms in total. The number of aryl methyl sites for hydroxylation is 2. The maximum Gasteiger partial charge on any atom is 0.451 e. The van der Waals surface area contributed by atoms with Gasteiger partial charge in [-0.1, -0.05) is 56.7 Å². The highest BCUT2D eigenvalue weighted by Crippen LogP contribution is 2.37. The topological polar surface area (TPSA) is 104 Å². The van der Waals surface area contributed by atoms with Gasteiger partial charge in [0.25, 0.3) is 0 Å². The van der Waals surface area contributed by atoms with Crippen LogP contribution in [0.2, 0.25) is 0 Å². The molecule has 0 spiro atoms. The molecule has 3 heterocycles. The number of nitrogens with zero attached hydrogens (tertiary/aromatic N) is 3. The van der Waals surface area contributed by atoms with E-state index in [1.165, 1.54) is 17.9 Å². The molecule has 5 rings (SSSR count). The van der Waals surface area contributed by atoms with Gasteiger partial charge >= 0.3 is 18.2 Å². The highest BCUT2D eigenvalue weighted by Gasteiger charge is 2.39. The number of hydrogen-bond acceptors (Lipinski definition) is 4. The third kappa shape index (κ3) is 7.72. The number of alkyl halides is 3. The zero-order valence-corrected chi connectivity index (χ0v) is 26.6. The van der Waals surface area contributed by atoms with Crippen LogP contribution in [0.5, 0.6) is 0 Å². The Balaban J connectivity index is 1.21. The van der Waals surface area contributed by atoms with Crippen LogP contribution in [0.3, 0.4) is 0 Å². The fourth-order valence-corrected chi connectivity index (χ4v) is 5.47. The molecule has 0 atom stereocenters. The van der Waals surface area contributed by atoms with Gasteiger partial charge in [0.1, 0.15) is 11.6 Å². The van der Waals surface area contributed by atoms with Crippen LogP contribution in [0, 0.1) is 19.8 Å². The second-order valence-electron chi connectivity index (χ2n) is 12.8. The number of furan rings is 1. The summed E-state index contributed by atoms with van der Waals surface area (Å²) in [4.78, 5) is 27.6. The van der Waals surface area contributed by atoms with Crippen LogP contribution < -0.4 is 16.0 Å². The van der Waals surface area contributed by atoms with Crippen molar-refractivity contribution in [1.82, 2.24) is 14.7 Å². The largest absolute Gasteiger partial charge is 0.455 e. The first-order valence-electron chi connectivity index (χ1n) is 15.2. The number of urea groups is 2. The number of benzene rings is 2. The molecule has 0 saturated carbocycles. The molecule has 1 saturated heterocycles. The Morgan fingerprint density at radius 2 is 1.59 bits per heavy atom. The fourth-order valence-electron chi connectivity index (χ4n) is 5.47. The second kappa shape index (κ2) is 12.9. The van der Waals surface area contributed by atoms with Crippen LogP contribution in [0.25, 0.3) is 5.69 Å². The highest BCUT2D eigenvalue weighted by atomic mass is 19.4. The van der Waals surface area contributed by atoms with Crippen molar-refractivity contribution in [2.24, 2.45) is 5.92 Å². The fraction of sp³-hybridized carbons (Fsp3) is 0.382. The summed E-state index contributed by atoms with van der Waals surface area (Å²) in [6.07, 6.45) is -2.72. The number of carbonyl (C=O) groups is 2. The zero-order chi connectivity index (χ0) is 33.2. The van der Waals surface area contributed by atoms with Crippen molar-refractivity contribution in [2.75, 3.05) is 29.0 Å². The Bertz CT molecular complexity index is 1690. The number of aromatic nitrogens is 2. The lowest BCUT2D eigenvalue weighted by molar-refractivity contribution is -0.152. The van der Waals surface area contributed by atoms with E-state index in [-0.39, 0.29) is 22.8 Å². The van der Waals surface area contributed by atoms with E-state index in [9.17, 15) is 22.8 Å². The van der Waals surface area contributed by atoms with E-state index in [1.807, 2.05) is 61.5 Å². The molecule has 3 N–H and O–H groups in total. The predicted octanol–water partition coefficient (Wildman–Crippen LogP) is 8.53. The van der Waals surface area contributed by atoms with Gasteiger partial charge in [-0.25, -0.2) is 14.3 Å². The molecule has 0 unspecified atom stereocenters. The van der Waals surface area contributed by atoms with Crippen molar-refractivity contribution >= 4 is 29.3 Å². The lowest BCUT2D eigenvalue weighted by atomic mass is 9.89. The van der Waals surface area contributed by atoms with Crippen molar-refractivity contribution in [3.05, 3.63) is 89.0 Å². The minimum atomic E-state index is -4.71. The Morgan fingerprint density at radius 1 is 0.913 bits per heavy atom. The summed E-state index contributed by atoms with van der Waals surface area (Å²) in [5.41, 5.74) is 3.80. The molecule has 46 heavy (non-hydrogen) atoms. The molecule has 2 aromatic heterocycles. The maximum absolute atomic E-state index is 13.3. The molecule has 0 radical (unpaired) electrons. The van der Waals surface area contributed by atoms with Gasteiger partial charge < -0.3 is 20.0 Å². The zero-order valence-electron chi connectivity index (χ0n) is 26.6. The van der Waals surface area contributed by atoms with Gasteiger partial charge in [0.05, 0.1) is 17.1 Å². The monoisotopic (exact) mass is 636 g/mol. The van der Waals surface area contributed by atoms with E-state index in [2.05, 4.69) is 36.7 Å². The maximum atomic E-state index is 13.3. The van der Waals surface area contributed by atoms with Gasteiger partial charge in [-0.05, 0) is 62.8 Å². The van der Waals surface area contributed by atoms with Gasteiger partial charge in [-0.2, -0.15) is 18.3 Å². The number of nitrogens with one attached hydrogen (secondary N) is 3. The smallest absolute Gasteiger partial charge is 0.451 e. The molecule has 1 aliphatic rings. The molecule has 1 aliphatic heterocycles. The minimum absolute atomic E-state index is 0.0637. The number of likely N-dealkylation sites (tertiary alicyclic amines) is 1. The molecular formula is C34H39F3N6O3. The third-order valence-electron chi connectivity index (χ3n) is 8.03. The Kier molecular flexibility index (Phi) is 9.18. The van der Waals surface area contributed by atoms with E-state index in [4.69, 9.17) is 9.52 Å². The lowest BCUT2D eigenvalue weighted by Gasteiger charge is -2.32. The summed E-state index contributed by atoms with van der Waals surface area (Å²) in [6, 6.07) is 17.5. The van der Waals surface area contributed by atoms with Crippen molar-refractivity contribution in [3.8, 4) is 5.69 Å². The van der Waals surface area contributed by atoms with E-state index in [0.717, 1.165) is 22.5 Å². The van der Waals surface area contributed by atoms with E-state index in [1.54, 1.807) is 4.68 Å². The molecular weight excluding hydrogens is 597 g/mol. The quantitative estimate of drug-likeness (QED) is 0.197. The Morgan fingerprint density at radius 3 is 2.24 bits per heavy atom. The van der Waals surface area contributed by atoms with E-state index >= 15 is 0 Å². The summed E-state index contributed by atoms with van der Waals surface area (Å²) in [6.45, 7) is 10.4. The van der Waals surface area contributed by atoms with Crippen molar-refractivity contribution in [1.29, 1.82) is 0 Å². The van der Waals surface area contributed by atoms with Crippen LogP contribution in [-0.4, -0.2) is 39.8 Å². The number of anilines is 3. The number of piperidine rings is 1. The standard InChI is InChI=1S/C34H39F3N6O3/c1-21-10-12-25(13-11-21)43-29(20-28(41-43)33(3,4)5)40-31(44)38-26-9-7-6-8-24(26)19-23-14-16-42(17-15-23)32(45)39-27-18-22(2)46-30(27)34(35,36)37/h6-13,18,20,23H,14-17,19H2,1-5H3,(H,39,45)(H2,38,40,44). The van der Waals surface area contributed by atoms with Gasteiger partial charge in [0.15, 0.2) is 0 Å². The molecule has 244 valence electrons. The van der Waals surface area contributed by atoms with Crippen LogP contribution in [-0.2, 0) is 18.0 Å². The SMILES string of the molecule is Cc1ccc(-n2nc(C(C)(C)C)cc2NC(=O)Nc2ccccc2CC2CCN(C(=O)Nc3cc(C)oc3C(F)(F)F)CC2)cc1. The number of hydrogen-bond donors (Lipinski definition) is 3. The van der Waals surface area contributed by atoms with Crippen LogP contribution in [0.15, 0.2) is 65.1 Å². The van der Waals surface area contributed by atoms with Crippen LogP contribution in [0.4, 0.5) is 40.0 Å². The summed E-state index contributed by atoms with van der Waals surface area (Å²) in [5.74, 6) is -0.388. The summed E-state index contributed by atoms with van der Waals surface area (Å²) in [7, 11) is 0. The molecule has 2 aromatic carbocycles. The van der Waals surface area contributed by atoms with Crippen molar-refractivity contribution in [3.63, 3.8) is 0 Å². The first-order chi connectivity index (χ1) is 21.7. The summed E-state index contributed by atoms with van der Waals surface area (Å²) < 4.78 is 46.4. The normalized spacial score (nSPS) is 14.3. The summed E-state index contributed by atoms with van der Waals surface area (Å²) >= 11 is 0. The number of amides is 4. The predicted molar refractivity (Wildman–Crippen MR) is 172 cm³/mol. The molecule has 4 amide bonds. The number of rotatable bonds is 6. The van der Waals surface area contributed by atoms with Crippen LogP contribution >= 0.6 is 0 Å². The first kappa shape index (κ1) is 32.6. The average molecular weight is 637 g/mol. The first-order valence-corrected chi connectivity index (χ1v) is 15.2. The Hall–Kier alpha value is -4.74. The minimum Gasteiger partial charge on any atom is -0.455 e. The van der Waals surface area contributed by atoms with Gasteiger partial charge in [-0.15, -0.1) is 0 Å². The molecule has 0 aliphatic carbocycles. The molecule has 4 aromatic rings. The van der Waals surface area contributed by atoms with Gasteiger partial charge in [0, 0.05) is 36.3 Å². The van der Waals surface area contributed by atoms with E-state index in [0.29, 0.717) is 43.9 Å². The number of halogens is 3. The number of para-hydroxylation sites is 1. The Labute approximate surface area is 266 Å². The van der Waals surface area contributed by atoms with E-state index < -0.39 is 24.0 Å². The van der Waals surface area contributed by atoms with Crippen LogP contribution in [0.1, 0.15) is 62.0 Å². The molecule has 1 fully saturated rings. The van der Waals surface area contributed by atoms with Crippen molar-refractivity contribution < 1.29 is 27.2 Å². The summed E-state index contributed by atoms with van der Waals surface area (Å²) in [5, 5.41) is 13.1. The third-order valence-corrected chi connectivity index (χ3v) is 8.03. The molecule has 0 bridgehead atoms. The highest BCUT2D eigenvalue weighted by molar-refractivity contribution is 6.00. The average Bonchev–Trinajstić information content (AvgIpc) is 3.58. The second-order valence-corrected chi connectivity index (χ2v) is 12.8. The lowest BCUT2D eigenvalue weighted by Crippen LogP contribution is -2.41. The molecule has 12 heteroatoms. The number of carbonyl (C=O) groups excluding carboxylic acids is 2. The van der Waals surface area contributed by atoms with Gasteiger partial charge in [0.2, 0.25) is 5.76 Å². The van der Waals surface area contributed by atoms with Crippen molar-refractivity contribution in [2.45, 2.75) is 65.5 Å². The van der Waals surface area contributed by atoms with Gasteiger partial charge in [-0.3, -0.25) is 5.32 Å².